The van der Waals surface area contributed by atoms with Gasteiger partial charge in [0.05, 0.1) is 11.5 Å². The van der Waals surface area contributed by atoms with E-state index in [1.807, 2.05) is 30.3 Å². The molecule has 1 aliphatic rings. The van der Waals surface area contributed by atoms with Crippen LogP contribution in [0.15, 0.2) is 60.9 Å². The van der Waals surface area contributed by atoms with Crippen LogP contribution in [0.3, 0.4) is 0 Å². The molecule has 1 saturated carbocycles. The molecule has 0 bridgehead atoms. The Labute approximate surface area is 224 Å². The first-order valence-corrected chi connectivity index (χ1v) is 13.5. The van der Waals surface area contributed by atoms with E-state index in [0.717, 1.165) is 65.6 Å². The molecular weight excluding hydrogens is 474 g/mol. The third kappa shape index (κ3) is 5.03. The molecule has 7 heteroatoms. The molecule has 4 aromatic rings. The topological polar surface area (TPSA) is 99.0 Å². The van der Waals surface area contributed by atoms with Gasteiger partial charge in [0.2, 0.25) is 0 Å². The maximum absolute atomic E-state index is 8.47. The van der Waals surface area contributed by atoms with Crippen molar-refractivity contribution in [3.05, 3.63) is 72.2 Å². The Morgan fingerprint density at radius 2 is 1.89 bits per heavy atom. The van der Waals surface area contributed by atoms with Crippen molar-refractivity contribution in [1.82, 2.24) is 14.5 Å². The molecule has 0 amide bonds. The maximum atomic E-state index is 8.47. The van der Waals surface area contributed by atoms with E-state index >= 15 is 0 Å². The van der Waals surface area contributed by atoms with E-state index < -0.39 is 0 Å². The van der Waals surface area contributed by atoms with Crippen molar-refractivity contribution in [2.45, 2.75) is 64.7 Å². The number of anilines is 1. The molecule has 0 unspecified atom stereocenters. The summed E-state index contributed by atoms with van der Waals surface area (Å²) in [5, 5.41) is 9.38. The molecule has 1 atom stereocenters. The number of nitrogen functional groups attached to an aromatic ring is 1. The molecule has 2 aromatic heterocycles. The fraction of sp³-hybridized carbons (Fsp3) is 0.387. The molecule has 0 saturated heterocycles. The molecular formula is C31H37N5O2. The highest BCUT2D eigenvalue weighted by atomic mass is 16.5. The Morgan fingerprint density at radius 3 is 2.61 bits per heavy atom. The zero-order valence-electron chi connectivity index (χ0n) is 22.5. The minimum atomic E-state index is -0.0804. The Morgan fingerprint density at radius 1 is 1.11 bits per heavy atom. The van der Waals surface area contributed by atoms with Crippen LogP contribution in [0.4, 0.5) is 5.82 Å². The van der Waals surface area contributed by atoms with Crippen LogP contribution in [0.25, 0.3) is 22.2 Å². The van der Waals surface area contributed by atoms with E-state index in [2.05, 4.69) is 47.7 Å². The summed E-state index contributed by atoms with van der Waals surface area (Å²) >= 11 is 0. The third-order valence-corrected chi connectivity index (χ3v) is 7.75. The molecule has 0 spiro atoms. The third-order valence-electron chi connectivity index (χ3n) is 7.75. The van der Waals surface area contributed by atoms with Crippen LogP contribution in [-0.4, -0.2) is 33.5 Å². The summed E-state index contributed by atoms with van der Waals surface area (Å²) in [5.41, 5.74) is 12.6. The van der Waals surface area contributed by atoms with Gasteiger partial charge in [0.15, 0.2) is 0 Å². The molecule has 0 radical (unpaired) electrons. The van der Waals surface area contributed by atoms with Crippen molar-refractivity contribution in [2.75, 3.05) is 12.8 Å². The van der Waals surface area contributed by atoms with Gasteiger partial charge in [-0.2, -0.15) is 0 Å². The van der Waals surface area contributed by atoms with Crippen LogP contribution < -0.4 is 10.5 Å². The Bertz CT molecular complexity index is 1400. The highest BCUT2D eigenvalue weighted by molar-refractivity contribution is 6.02. The van der Waals surface area contributed by atoms with Crippen LogP contribution in [0.5, 0.6) is 5.75 Å². The number of benzene rings is 2. The molecule has 5 rings (SSSR count). The first-order chi connectivity index (χ1) is 18.5. The average molecular weight is 512 g/mol. The summed E-state index contributed by atoms with van der Waals surface area (Å²) in [6.45, 7) is 4.77. The van der Waals surface area contributed by atoms with Gasteiger partial charge in [-0.1, -0.05) is 56.3 Å². The zero-order chi connectivity index (χ0) is 26.6. The van der Waals surface area contributed by atoms with Crippen molar-refractivity contribution in [3.63, 3.8) is 0 Å². The maximum Gasteiger partial charge on any atom is 0.146 e. The second-order valence-electron chi connectivity index (χ2n) is 10.2. The molecule has 1 fully saturated rings. The second kappa shape index (κ2) is 11.4. The van der Waals surface area contributed by atoms with Crippen molar-refractivity contribution in [2.24, 2.45) is 5.92 Å². The van der Waals surface area contributed by atoms with Crippen molar-refractivity contribution in [3.8, 4) is 16.9 Å². The first kappa shape index (κ1) is 25.9. The number of methoxy groups -OCH3 is 1. The lowest BCUT2D eigenvalue weighted by Gasteiger charge is -2.38. The van der Waals surface area contributed by atoms with Gasteiger partial charge in [0.1, 0.15) is 30.1 Å². The Kier molecular flexibility index (Phi) is 7.74. The standard InChI is InChI=1S/C31H37N5O2/c1-4-26-28(22-12-9-13-24(17-22)38-18-20-10-7-6-8-11-20)29-30(33)34-19-35-31(29)36(26)23-14-21(15-23)16-25(32)27(5-2)37-3/h6-13,17,19,21,23,27,32H,4-5,14-16,18H2,1-3H3,(H2,33,34,35)/t21?,23?,27-/m1/s1. The number of fused-ring (bicyclic) bond motifs is 1. The molecule has 198 valence electrons. The van der Waals surface area contributed by atoms with E-state index in [1.165, 1.54) is 5.69 Å². The van der Waals surface area contributed by atoms with Gasteiger partial charge in [-0.3, -0.25) is 0 Å². The molecule has 38 heavy (non-hydrogen) atoms. The lowest BCUT2D eigenvalue weighted by molar-refractivity contribution is 0.143. The molecule has 2 heterocycles. The number of nitrogens with two attached hydrogens (primary N) is 1. The quantitative estimate of drug-likeness (QED) is 0.221. The van der Waals surface area contributed by atoms with Gasteiger partial charge in [0.25, 0.3) is 0 Å². The summed E-state index contributed by atoms with van der Waals surface area (Å²) < 4.78 is 14.0. The van der Waals surface area contributed by atoms with Gasteiger partial charge < -0.3 is 25.2 Å². The number of ether oxygens (including phenoxy) is 2. The smallest absolute Gasteiger partial charge is 0.146 e. The largest absolute Gasteiger partial charge is 0.489 e. The average Bonchev–Trinajstić information content (AvgIpc) is 3.26. The fourth-order valence-electron chi connectivity index (χ4n) is 5.81. The summed E-state index contributed by atoms with van der Waals surface area (Å²) in [6, 6.07) is 18.7. The van der Waals surface area contributed by atoms with Crippen LogP contribution in [0.1, 0.15) is 56.8 Å². The van der Waals surface area contributed by atoms with Crippen molar-refractivity contribution >= 4 is 22.6 Å². The highest BCUT2D eigenvalue weighted by Gasteiger charge is 2.35. The Hall–Kier alpha value is -3.71. The minimum Gasteiger partial charge on any atom is -0.489 e. The highest BCUT2D eigenvalue weighted by Crippen LogP contribution is 2.47. The van der Waals surface area contributed by atoms with E-state index in [-0.39, 0.29) is 6.10 Å². The van der Waals surface area contributed by atoms with Gasteiger partial charge in [-0.05, 0) is 61.3 Å². The number of rotatable bonds is 11. The van der Waals surface area contributed by atoms with E-state index in [0.29, 0.717) is 30.1 Å². The normalized spacial score (nSPS) is 17.8. The van der Waals surface area contributed by atoms with Gasteiger partial charge >= 0.3 is 0 Å². The summed E-state index contributed by atoms with van der Waals surface area (Å²) in [7, 11) is 1.69. The van der Waals surface area contributed by atoms with Crippen LogP contribution in [0, 0.1) is 11.3 Å². The summed E-state index contributed by atoms with van der Waals surface area (Å²) in [5.74, 6) is 1.80. The van der Waals surface area contributed by atoms with Crippen molar-refractivity contribution < 1.29 is 9.47 Å². The van der Waals surface area contributed by atoms with Gasteiger partial charge in [0, 0.05) is 30.1 Å². The number of nitrogens with one attached hydrogen (secondary N) is 1. The fourth-order valence-corrected chi connectivity index (χ4v) is 5.81. The lowest BCUT2D eigenvalue weighted by atomic mass is 9.76. The molecule has 3 N–H and O–H groups in total. The number of aromatic nitrogens is 3. The molecule has 7 nitrogen and oxygen atoms in total. The number of hydrogen-bond donors (Lipinski definition) is 2. The predicted molar refractivity (Wildman–Crippen MR) is 153 cm³/mol. The van der Waals surface area contributed by atoms with E-state index in [4.69, 9.17) is 25.6 Å². The lowest BCUT2D eigenvalue weighted by Crippen LogP contribution is -2.32. The second-order valence-corrected chi connectivity index (χ2v) is 10.2. The van der Waals surface area contributed by atoms with Crippen LogP contribution in [-0.2, 0) is 17.8 Å². The predicted octanol–water partition coefficient (Wildman–Crippen LogP) is 6.61. The number of hydrogen-bond acceptors (Lipinski definition) is 6. The first-order valence-electron chi connectivity index (χ1n) is 13.5. The number of nitrogens with zero attached hydrogens (tertiary/aromatic N) is 3. The monoisotopic (exact) mass is 511 g/mol. The summed E-state index contributed by atoms with van der Waals surface area (Å²) in [6.07, 6.45) is 5.98. The van der Waals surface area contributed by atoms with E-state index in [9.17, 15) is 0 Å². The van der Waals surface area contributed by atoms with Crippen molar-refractivity contribution in [1.29, 1.82) is 5.41 Å². The molecule has 0 aliphatic heterocycles. The van der Waals surface area contributed by atoms with Crippen LogP contribution in [0.2, 0.25) is 0 Å². The zero-order valence-corrected chi connectivity index (χ0v) is 22.5. The van der Waals surface area contributed by atoms with Crippen LogP contribution >= 0.6 is 0 Å². The van der Waals surface area contributed by atoms with Gasteiger partial charge in [-0.15, -0.1) is 0 Å². The minimum absolute atomic E-state index is 0.0804. The summed E-state index contributed by atoms with van der Waals surface area (Å²) in [4.78, 5) is 9.07. The SMILES string of the molecule is CCc1c(-c2cccc(OCc3ccccc3)c2)c2c(N)ncnc2n1C1CC(CC(=N)[C@@H](CC)OC)C1. The molecule has 1 aliphatic carbocycles. The Balaban J connectivity index is 1.45. The van der Waals surface area contributed by atoms with E-state index in [1.54, 1.807) is 13.4 Å². The van der Waals surface area contributed by atoms with Gasteiger partial charge in [-0.25, -0.2) is 9.97 Å². The molecule has 2 aromatic carbocycles.